The highest BCUT2D eigenvalue weighted by Crippen LogP contribution is 2.62. The number of allylic oxidation sites excluding steroid dienone is 2. The van der Waals surface area contributed by atoms with Crippen molar-refractivity contribution in [3.05, 3.63) is 158 Å². The Morgan fingerprint density at radius 3 is 2.21 bits per heavy atom. The fraction of sp³-hybridized carbons (Fsp3) is 0.167. The predicted molar refractivity (Wildman–Crippen MR) is 175 cm³/mol. The molecule has 48 heavy (non-hydrogen) atoms. The summed E-state index contributed by atoms with van der Waals surface area (Å²) < 4.78 is 17.6. The second-order valence-electron chi connectivity index (χ2n) is 12.2. The topological polar surface area (TPSA) is 119 Å². The Morgan fingerprint density at radius 2 is 1.52 bits per heavy atom. The molecule has 3 aliphatic rings. The third kappa shape index (κ3) is 4.24. The van der Waals surface area contributed by atoms with E-state index in [0.717, 1.165) is 9.58 Å². The number of hydrogen-bond donors (Lipinski definition) is 2. The maximum absolute atomic E-state index is 15.0. The molecular weight excluding hydrogens is 637 g/mol. The molecule has 240 valence electrons. The van der Waals surface area contributed by atoms with E-state index in [1.165, 1.54) is 45.8 Å². The van der Waals surface area contributed by atoms with Gasteiger partial charge in [-0.15, -0.1) is 0 Å². The minimum absolute atomic E-state index is 0.0132. The highest BCUT2D eigenvalue weighted by atomic mass is 35.5. The number of carbonyl (C=O) groups excluding carboxylic acids is 2. The summed E-state index contributed by atoms with van der Waals surface area (Å²) in [5.74, 6) is -3.38. The fourth-order valence-electron chi connectivity index (χ4n) is 7.76. The molecule has 1 aliphatic carbocycles. The van der Waals surface area contributed by atoms with Crippen molar-refractivity contribution >= 4 is 29.1 Å². The van der Waals surface area contributed by atoms with E-state index in [2.05, 4.69) is 5.43 Å². The molecule has 1 saturated heterocycles. The molecule has 0 bridgehead atoms. The third-order valence-corrected chi connectivity index (χ3v) is 10.0. The molecule has 2 amide bonds. The lowest BCUT2D eigenvalue weighted by Crippen LogP contribution is -2.53. The molecule has 12 heteroatoms. The quantitative estimate of drug-likeness (QED) is 0.204. The van der Waals surface area contributed by atoms with Crippen molar-refractivity contribution in [2.45, 2.75) is 30.3 Å². The number of nitrogens with zero attached hydrogens (tertiary/aromatic N) is 4. The monoisotopic (exact) mass is 663 g/mol. The highest BCUT2D eigenvalue weighted by Gasteiger charge is 2.68. The zero-order valence-corrected chi connectivity index (χ0v) is 25.9. The predicted octanol–water partition coefficient (Wildman–Crippen LogP) is 4.92. The second-order valence-corrected chi connectivity index (χ2v) is 12.6. The van der Waals surface area contributed by atoms with Gasteiger partial charge in [-0.3, -0.25) is 15.0 Å². The average Bonchev–Trinajstić information content (AvgIpc) is 3.47. The number of nitrogens with one attached hydrogen (secondary N) is 1. The van der Waals surface area contributed by atoms with Crippen LogP contribution in [-0.4, -0.2) is 35.9 Å². The molecule has 8 rings (SSSR count). The number of hydrogen-bond acceptors (Lipinski definition) is 6. The first-order valence-electron chi connectivity index (χ1n) is 15.4. The first kappa shape index (κ1) is 29.7. The number of carbonyl (C=O) groups is 2. The zero-order chi connectivity index (χ0) is 33.3. The Balaban J connectivity index is 1.37. The maximum atomic E-state index is 15.0. The number of phenols is 1. The van der Waals surface area contributed by atoms with E-state index in [0.29, 0.717) is 33.1 Å². The van der Waals surface area contributed by atoms with Gasteiger partial charge >= 0.3 is 11.4 Å². The summed E-state index contributed by atoms with van der Waals surface area (Å²) in [6, 6.07) is 26.3. The zero-order valence-electron chi connectivity index (χ0n) is 25.2. The van der Waals surface area contributed by atoms with Crippen LogP contribution in [0, 0.1) is 11.7 Å². The lowest BCUT2D eigenvalue weighted by molar-refractivity contribution is -0.138. The van der Waals surface area contributed by atoms with Crippen LogP contribution < -0.4 is 16.8 Å². The molecule has 2 fully saturated rings. The van der Waals surface area contributed by atoms with Gasteiger partial charge in [0.25, 0.3) is 11.8 Å². The minimum atomic E-state index is -1.53. The van der Waals surface area contributed by atoms with Crippen molar-refractivity contribution < 1.29 is 19.1 Å². The fourth-order valence-corrected chi connectivity index (χ4v) is 7.88. The molecule has 1 aromatic heterocycles. The van der Waals surface area contributed by atoms with E-state index >= 15 is 4.79 Å². The van der Waals surface area contributed by atoms with Crippen LogP contribution in [0.4, 0.5) is 10.1 Å². The highest BCUT2D eigenvalue weighted by molar-refractivity contribution is 6.30. The number of benzene rings is 4. The van der Waals surface area contributed by atoms with Gasteiger partial charge in [0.2, 0.25) is 0 Å². The lowest BCUT2D eigenvalue weighted by atomic mass is 9.53. The normalized spacial score (nSPS) is 22.9. The molecule has 4 atom stereocenters. The summed E-state index contributed by atoms with van der Waals surface area (Å²) in [5, 5.41) is 11.6. The van der Waals surface area contributed by atoms with Gasteiger partial charge in [-0.2, -0.15) is 5.01 Å². The summed E-state index contributed by atoms with van der Waals surface area (Å²) in [7, 11) is 0. The Morgan fingerprint density at radius 1 is 0.833 bits per heavy atom. The molecule has 2 N–H and O–H groups in total. The molecule has 4 aromatic carbocycles. The molecule has 4 unspecified atom stereocenters. The second kappa shape index (κ2) is 11.0. The van der Waals surface area contributed by atoms with Gasteiger partial charge in [-0.25, -0.2) is 27.9 Å². The van der Waals surface area contributed by atoms with Gasteiger partial charge in [-0.1, -0.05) is 60.1 Å². The molecule has 5 aromatic rings. The maximum Gasteiger partial charge on any atom is 0.352 e. The van der Waals surface area contributed by atoms with Crippen LogP contribution in [0.5, 0.6) is 5.75 Å². The molecular formula is C36H27ClFN5O5. The summed E-state index contributed by atoms with van der Waals surface area (Å²) in [5.41, 5.74) is 2.88. The molecule has 10 nitrogen and oxygen atoms in total. The van der Waals surface area contributed by atoms with E-state index in [9.17, 15) is 23.9 Å². The SMILES string of the molecule is O=C1C2CC3C(=CCn4c(=O)n(-c5ccccc5)c(=O)n43)C(c3ccc(O)cc3)C2(c2ccc(Cl)cc2)C(=O)N1Nc1ccc(F)cc1. The van der Waals surface area contributed by atoms with Gasteiger partial charge in [0.05, 0.1) is 35.3 Å². The van der Waals surface area contributed by atoms with Gasteiger partial charge in [0.15, 0.2) is 0 Å². The van der Waals surface area contributed by atoms with Crippen molar-refractivity contribution in [2.75, 3.05) is 5.43 Å². The van der Waals surface area contributed by atoms with Crippen LogP contribution in [-0.2, 0) is 21.5 Å². The number of fused-ring (bicyclic) bond motifs is 4. The number of rotatable bonds is 5. The Labute approximate surface area is 277 Å². The number of amides is 2. The van der Waals surface area contributed by atoms with Gasteiger partial charge in [-0.05, 0) is 83.8 Å². The third-order valence-electron chi connectivity index (χ3n) is 9.76. The van der Waals surface area contributed by atoms with Gasteiger partial charge in [0, 0.05) is 10.9 Å². The molecule has 0 spiro atoms. The van der Waals surface area contributed by atoms with Crippen LogP contribution in [0.15, 0.2) is 124 Å². The van der Waals surface area contributed by atoms with E-state index in [4.69, 9.17) is 11.6 Å². The average molecular weight is 664 g/mol. The number of halogens is 2. The van der Waals surface area contributed by atoms with Crippen molar-refractivity contribution in [1.82, 2.24) is 18.9 Å². The number of anilines is 1. The van der Waals surface area contributed by atoms with Crippen molar-refractivity contribution in [1.29, 1.82) is 0 Å². The Bertz CT molecular complexity index is 2240. The molecule has 2 aliphatic heterocycles. The number of para-hydroxylation sites is 1. The molecule has 1 saturated carbocycles. The Hall–Kier alpha value is -5.68. The molecule has 3 heterocycles. The van der Waals surface area contributed by atoms with E-state index in [-0.39, 0.29) is 18.7 Å². The van der Waals surface area contributed by atoms with Crippen LogP contribution in [0.1, 0.15) is 29.5 Å². The number of hydrazine groups is 1. The first-order chi connectivity index (χ1) is 23.2. The van der Waals surface area contributed by atoms with E-state index < -0.39 is 52.3 Å². The standard InChI is InChI=1S/C36H27ClFN5O5/c37-23-10-8-22(9-11-23)36-29(32(45)42(33(36)46)39-25-14-12-24(38)13-15-25)20-30-28(31(36)21-6-16-27(44)17-7-21)18-19-40-34(47)41(35(48)43(30)40)26-4-2-1-3-5-26/h1-18,29-31,39,44H,19-20H2. The largest absolute Gasteiger partial charge is 0.508 e. The molecule has 0 radical (unpaired) electrons. The van der Waals surface area contributed by atoms with Crippen LogP contribution in [0.3, 0.4) is 0 Å². The summed E-state index contributed by atoms with van der Waals surface area (Å²) in [4.78, 5) is 57.5. The summed E-state index contributed by atoms with van der Waals surface area (Å²) >= 11 is 6.31. The van der Waals surface area contributed by atoms with Crippen LogP contribution >= 0.6 is 11.6 Å². The van der Waals surface area contributed by atoms with Crippen molar-refractivity contribution in [2.24, 2.45) is 5.92 Å². The number of aromatic hydroxyl groups is 1. The van der Waals surface area contributed by atoms with E-state index in [1.807, 2.05) is 6.08 Å². The smallest absolute Gasteiger partial charge is 0.352 e. The summed E-state index contributed by atoms with van der Waals surface area (Å²) in [6.45, 7) is 0.0510. The van der Waals surface area contributed by atoms with Gasteiger partial charge in [0.1, 0.15) is 11.6 Å². The number of imide groups is 1. The van der Waals surface area contributed by atoms with Crippen molar-refractivity contribution in [3.63, 3.8) is 0 Å². The van der Waals surface area contributed by atoms with E-state index in [1.54, 1.807) is 66.7 Å². The number of phenolic OH excluding ortho intramolecular Hbond substituents is 1. The first-order valence-corrected chi connectivity index (χ1v) is 15.7. The Kier molecular flexibility index (Phi) is 6.78. The van der Waals surface area contributed by atoms with Crippen LogP contribution in [0.25, 0.3) is 5.69 Å². The number of aromatic nitrogens is 3. The lowest BCUT2D eigenvalue weighted by Gasteiger charge is -2.49. The van der Waals surface area contributed by atoms with Crippen LogP contribution in [0.2, 0.25) is 5.02 Å². The minimum Gasteiger partial charge on any atom is -0.508 e. The van der Waals surface area contributed by atoms with Gasteiger partial charge < -0.3 is 5.11 Å². The van der Waals surface area contributed by atoms with Crippen molar-refractivity contribution in [3.8, 4) is 11.4 Å². The summed E-state index contributed by atoms with van der Waals surface area (Å²) in [6.07, 6.45) is 1.88.